The first-order valence-electron chi connectivity index (χ1n) is 6.83. The van der Waals surface area contributed by atoms with Crippen LogP contribution in [-0.4, -0.2) is 41.6 Å². The van der Waals surface area contributed by atoms with Crippen LogP contribution in [0, 0.1) is 5.92 Å². The summed E-state index contributed by atoms with van der Waals surface area (Å²) in [7, 11) is 0. The minimum atomic E-state index is -0.339. The number of pyridine rings is 1. The fourth-order valence-corrected chi connectivity index (χ4v) is 2.25. The van der Waals surface area contributed by atoms with Crippen LogP contribution in [0.2, 0.25) is 0 Å². The summed E-state index contributed by atoms with van der Waals surface area (Å²) >= 11 is 0. The number of nitrogens with zero attached hydrogens (tertiary/aromatic N) is 2. The number of aromatic nitrogens is 1. The van der Waals surface area contributed by atoms with Gasteiger partial charge in [-0.1, -0.05) is 0 Å². The number of likely N-dealkylation sites (tertiary alicyclic amines) is 1. The lowest BCUT2D eigenvalue weighted by atomic mass is 9.97. The minimum Gasteiger partial charge on any atom is -0.450 e. The molecule has 1 unspecified atom stereocenters. The molecule has 0 aliphatic carbocycles. The molecule has 0 radical (unpaired) electrons. The van der Waals surface area contributed by atoms with Gasteiger partial charge in [0.1, 0.15) is 0 Å². The molecule has 20 heavy (non-hydrogen) atoms. The molecule has 1 saturated heterocycles. The molecule has 108 valence electrons. The third kappa shape index (κ3) is 3.69. The molecule has 2 heterocycles. The number of hydrogen-bond donors (Lipinski definition) is 1. The monoisotopic (exact) mass is 277 g/mol. The van der Waals surface area contributed by atoms with E-state index in [1.807, 2.05) is 0 Å². The molecule has 6 nitrogen and oxygen atoms in total. The van der Waals surface area contributed by atoms with Gasteiger partial charge >= 0.3 is 6.09 Å². The molecule has 1 aromatic heterocycles. The summed E-state index contributed by atoms with van der Waals surface area (Å²) in [5.41, 5.74) is 0.721. The molecule has 2 amide bonds. The summed E-state index contributed by atoms with van der Waals surface area (Å²) in [5.74, 6) is -0.258. The maximum Gasteiger partial charge on any atom is 0.409 e. The molecule has 0 saturated carbocycles. The summed E-state index contributed by atoms with van der Waals surface area (Å²) < 4.78 is 4.97. The number of nitrogens with one attached hydrogen (secondary N) is 1. The van der Waals surface area contributed by atoms with Crippen LogP contribution in [0.4, 0.5) is 10.5 Å². The van der Waals surface area contributed by atoms with Crippen molar-refractivity contribution in [3.05, 3.63) is 24.5 Å². The lowest BCUT2D eigenvalue weighted by Gasteiger charge is -2.31. The SMILES string of the molecule is CCOC(=O)N1CCCC(C(=O)Nc2ccncc2)C1. The van der Waals surface area contributed by atoms with E-state index < -0.39 is 0 Å². The lowest BCUT2D eigenvalue weighted by Crippen LogP contribution is -2.44. The predicted octanol–water partition coefficient (Wildman–Crippen LogP) is 1.89. The van der Waals surface area contributed by atoms with E-state index in [4.69, 9.17) is 4.74 Å². The maximum absolute atomic E-state index is 12.2. The Kier molecular flexibility index (Phi) is 4.92. The summed E-state index contributed by atoms with van der Waals surface area (Å²) in [5, 5.41) is 2.85. The topological polar surface area (TPSA) is 71.5 Å². The largest absolute Gasteiger partial charge is 0.450 e. The van der Waals surface area contributed by atoms with E-state index in [0.29, 0.717) is 19.7 Å². The Morgan fingerprint density at radius 3 is 2.90 bits per heavy atom. The second kappa shape index (κ2) is 6.88. The van der Waals surface area contributed by atoms with E-state index in [2.05, 4.69) is 10.3 Å². The average Bonchev–Trinajstić information content (AvgIpc) is 2.48. The number of ether oxygens (including phenoxy) is 1. The molecule has 0 spiro atoms. The third-order valence-corrected chi connectivity index (χ3v) is 3.27. The van der Waals surface area contributed by atoms with Crippen molar-refractivity contribution in [2.75, 3.05) is 25.0 Å². The van der Waals surface area contributed by atoms with Gasteiger partial charge in [-0.25, -0.2) is 4.79 Å². The normalized spacial score (nSPS) is 18.4. The van der Waals surface area contributed by atoms with E-state index in [1.165, 1.54) is 0 Å². The summed E-state index contributed by atoms with van der Waals surface area (Å²) in [4.78, 5) is 29.4. The summed E-state index contributed by atoms with van der Waals surface area (Å²) in [6, 6.07) is 3.48. The molecule has 6 heteroatoms. The van der Waals surface area contributed by atoms with Crippen LogP contribution in [-0.2, 0) is 9.53 Å². The first-order valence-corrected chi connectivity index (χ1v) is 6.83. The van der Waals surface area contributed by atoms with Crippen LogP contribution < -0.4 is 5.32 Å². The number of hydrogen-bond acceptors (Lipinski definition) is 4. The maximum atomic E-state index is 12.2. The quantitative estimate of drug-likeness (QED) is 0.915. The van der Waals surface area contributed by atoms with Crippen molar-refractivity contribution in [3.63, 3.8) is 0 Å². The molecule has 0 aromatic carbocycles. The minimum absolute atomic E-state index is 0.0646. The van der Waals surface area contributed by atoms with Crippen LogP contribution in [0.15, 0.2) is 24.5 Å². The van der Waals surface area contributed by atoms with Crippen molar-refractivity contribution in [3.8, 4) is 0 Å². The zero-order chi connectivity index (χ0) is 14.4. The number of amides is 2. The Bertz CT molecular complexity index is 464. The van der Waals surface area contributed by atoms with E-state index in [9.17, 15) is 9.59 Å². The van der Waals surface area contributed by atoms with Crippen molar-refractivity contribution in [1.82, 2.24) is 9.88 Å². The fourth-order valence-electron chi connectivity index (χ4n) is 2.25. The highest BCUT2D eigenvalue weighted by atomic mass is 16.6. The van der Waals surface area contributed by atoms with Crippen molar-refractivity contribution in [2.24, 2.45) is 5.92 Å². The molecule has 1 aliphatic rings. The van der Waals surface area contributed by atoms with Gasteiger partial charge in [-0.2, -0.15) is 0 Å². The van der Waals surface area contributed by atoms with Gasteiger partial charge in [-0.05, 0) is 31.9 Å². The Morgan fingerprint density at radius 2 is 2.20 bits per heavy atom. The van der Waals surface area contributed by atoms with Crippen molar-refractivity contribution < 1.29 is 14.3 Å². The molecule has 1 atom stereocenters. The van der Waals surface area contributed by atoms with E-state index in [-0.39, 0.29) is 17.9 Å². The molecule has 1 aromatic rings. The van der Waals surface area contributed by atoms with Crippen molar-refractivity contribution in [1.29, 1.82) is 0 Å². The van der Waals surface area contributed by atoms with Gasteiger partial charge in [-0.3, -0.25) is 9.78 Å². The van der Waals surface area contributed by atoms with Gasteiger partial charge in [0.2, 0.25) is 5.91 Å². The predicted molar refractivity (Wildman–Crippen MR) is 74.2 cm³/mol. The fraction of sp³-hybridized carbons (Fsp3) is 0.500. The molecular weight excluding hydrogens is 258 g/mol. The first kappa shape index (κ1) is 14.3. The highest BCUT2D eigenvalue weighted by Gasteiger charge is 2.29. The molecule has 1 N–H and O–H groups in total. The van der Waals surface area contributed by atoms with Crippen LogP contribution >= 0.6 is 0 Å². The summed E-state index contributed by atoms with van der Waals surface area (Å²) in [6.45, 7) is 3.19. The second-order valence-electron chi connectivity index (χ2n) is 4.71. The van der Waals surface area contributed by atoms with Crippen molar-refractivity contribution >= 4 is 17.7 Å². The Hall–Kier alpha value is -2.11. The number of rotatable bonds is 3. The van der Waals surface area contributed by atoms with Crippen LogP contribution in [0.3, 0.4) is 0 Å². The van der Waals surface area contributed by atoms with Crippen molar-refractivity contribution in [2.45, 2.75) is 19.8 Å². The molecule has 2 rings (SSSR count). The van der Waals surface area contributed by atoms with E-state index >= 15 is 0 Å². The highest BCUT2D eigenvalue weighted by molar-refractivity contribution is 5.92. The first-order chi connectivity index (χ1) is 9.70. The lowest BCUT2D eigenvalue weighted by molar-refractivity contribution is -0.121. The number of carbonyl (C=O) groups is 2. The van der Waals surface area contributed by atoms with Gasteiger partial charge in [-0.15, -0.1) is 0 Å². The number of anilines is 1. The molecular formula is C14H19N3O3. The zero-order valence-electron chi connectivity index (χ0n) is 11.5. The van der Waals surface area contributed by atoms with E-state index in [1.54, 1.807) is 36.4 Å². The average molecular weight is 277 g/mol. The summed E-state index contributed by atoms with van der Waals surface area (Å²) in [6.07, 6.45) is 4.51. The van der Waals surface area contributed by atoms with Gasteiger partial charge in [0, 0.05) is 31.2 Å². The number of piperidine rings is 1. The smallest absolute Gasteiger partial charge is 0.409 e. The van der Waals surface area contributed by atoms with Gasteiger partial charge < -0.3 is 15.0 Å². The van der Waals surface area contributed by atoms with Crippen LogP contribution in [0.25, 0.3) is 0 Å². The van der Waals surface area contributed by atoms with Gasteiger partial charge in [0.15, 0.2) is 0 Å². The molecule has 1 fully saturated rings. The molecule has 0 bridgehead atoms. The van der Waals surface area contributed by atoms with E-state index in [0.717, 1.165) is 18.5 Å². The highest BCUT2D eigenvalue weighted by Crippen LogP contribution is 2.19. The Morgan fingerprint density at radius 1 is 1.45 bits per heavy atom. The van der Waals surface area contributed by atoms with Gasteiger partial charge in [0.05, 0.1) is 12.5 Å². The van der Waals surface area contributed by atoms with Crippen LogP contribution in [0.5, 0.6) is 0 Å². The second-order valence-corrected chi connectivity index (χ2v) is 4.71. The standard InChI is InChI=1S/C14H19N3O3/c1-2-20-14(19)17-9-3-4-11(10-17)13(18)16-12-5-7-15-8-6-12/h5-8,11H,2-4,9-10H2,1H3,(H,15,16,18). The zero-order valence-corrected chi connectivity index (χ0v) is 11.5. The van der Waals surface area contributed by atoms with Crippen LogP contribution in [0.1, 0.15) is 19.8 Å². The number of carbonyl (C=O) groups excluding carboxylic acids is 2. The third-order valence-electron chi connectivity index (χ3n) is 3.27. The Balaban J connectivity index is 1.91. The molecule has 1 aliphatic heterocycles. The van der Waals surface area contributed by atoms with Gasteiger partial charge in [0.25, 0.3) is 0 Å². The Labute approximate surface area is 118 Å².